The lowest BCUT2D eigenvalue weighted by Crippen LogP contribution is -2.29. The van der Waals surface area contributed by atoms with E-state index in [-0.39, 0.29) is 13.2 Å². The largest absolute Gasteiger partial charge is 0.491 e. The summed E-state index contributed by atoms with van der Waals surface area (Å²) in [4.78, 5) is 11.8. The fourth-order valence-corrected chi connectivity index (χ4v) is 2.26. The molecule has 2 rings (SSSR count). The highest BCUT2D eigenvalue weighted by molar-refractivity contribution is 5.94. The highest BCUT2D eigenvalue weighted by atomic mass is 19.2. The van der Waals surface area contributed by atoms with Crippen LogP contribution < -0.4 is 10.1 Å². The Kier molecular flexibility index (Phi) is 5.49. The molecule has 24 heavy (non-hydrogen) atoms. The van der Waals surface area contributed by atoms with Gasteiger partial charge in [0.25, 0.3) is 5.91 Å². The molecule has 0 aliphatic carbocycles. The SMILES string of the molecule is Cc1ccc(C)c(OCCNC(=O)c2ccc(F)c(F)c2F)c1C. The van der Waals surface area contributed by atoms with Crippen LogP contribution in [0.4, 0.5) is 13.2 Å². The standard InChI is InChI=1S/C18H18F3NO2/c1-10-4-5-11(2)17(12(10)3)24-9-8-22-18(23)13-6-7-14(19)16(21)15(13)20/h4-7H,8-9H2,1-3H3,(H,22,23). The van der Waals surface area contributed by atoms with E-state index >= 15 is 0 Å². The second kappa shape index (κ2) is 7.38. The molecule has 0 saturated carbocycles. The highest BCUT2D eigenvalue weighted by Gasteiger charge is 2.18. The zero-order chi connectivity index (χ0) is 17.9. The van der Waals surface area contributed by atoms with Gasteiger partial charge in [0.15, 0.2) is 17.5 Å². The van der Waals surface area contributed by atoms with Gasteiger partial charge in [0.1, 0.15) is 12.4 Å². The number of aryl methyl sites for hydroxylation is 2. The summed E-state index contributed by atoms with van der Waals surface area (Å²) < 4.78 is 45.2. The minimum atomic E-state index is -1.66. The van der Waals surface area contributed by atoms with Crippen LogP contribution in [0.3, 0.4) is 0 Å². The predicted octanol–water partition coefficient (Wildman–Crippen LogP) is 3.84. The van der Waals surface area contributed by atoms with Crippen molar-refractivity contribution < 1.29 is 22.7 Å². The number of halogens is 3. The quantitative estimate of drug-likeness (QED) is 0.665. The molecule has 0 saturated heterocycles. The number of carbonyl (C=O) groups is 1. The number of hydrogen-bond acceptors (Lipinski definition) is 2. The van der Waals surface area contributed by atoms with Crippen molar-refractivity contribution in [3.05, 3.63) is 64.0 Å². The van der Waals surface area contributed by atoms with E-state index in [2.05, 4.69) is 5.32 Å². The molecule has 0 aromatic heterocycles. The molecule has 0 aliphatic rings. The number of hydrogen-bond donors (Lipinski definition) is 1. The molecule has 0 unspecified atom stereocenters. The molecule has 0 atom stereocenters. The van der Waals surface area contributed by atoms with E-state index in [4.69, 9.17) is 4.74 Å². The highest BCUT2D eigenvalue weighted by Crippen LogP contribution is 2.25. The van der Waals surface area contributed by atoms with Crippen LogP contribution in [0, 0.1) is 38.2 Å². The van der Waals surface area contributed by atoms with Crippen LogP contribution in [0.1, 0.15) is 27.0 Å². The summed E-state index contributed by atoms with van der Waals surface area (Å²) in [5.74, 6) is -4.59. The molecule has 0 heterocycles. The topological polar surface area (TPSA) is 38.3 Å². The first-order valence-corrected chi connectivity index (χ1v) is 7.44. The Morgan fingerprint density at radius 1 is 1.00 bits per heavy atom. The normalized spacial score (nSPS) is 10.6. The van der Waals surface area contributed by atoms with E-state index in [1.807, 2.05) is 32.9 Å². The molecule has 0 radical (unpaired) electrons. The molecular formula is C18H18F3NO2. The van der Waals surface area contributed by atoms with Crippen LogP contribution in [-0.4, -0.2) is 19.1 Å². The molecule has 128 valence electrons. The van der Waals surface area contributed by atoms with E-state index < -0.39 is 28.9 Å². The number of rotatable bonds is 5. The van der Waals surface area contributed by atoms with Gasteiger partial charge in [0, 0.05) is 0 Å². The molecule has 2 aromatic rings. The van der Waals surface area contributed by atoms with E-state index in [1.165, 1.54) is 0 Å². The Hall–Kier alpha value is -2.50. The molecule has 1 N–H and O–H groups in total. The third-order valence-electron chi connectivity index (χ3n) is 3.79. The Morgan fingerprint density at radius 3 is 2.38 bits per heavy atom. The number of carbonyl (C=O) groups excluding carboxylic acids is 1. The van der Waals surface area contributed by atoms with Crippen molar-refractivity contribution in [3.63, 3.8) is 0 Å². The van der Waals surface area contributed by atoms with Gasteiger partial charge >= 0.3 is 0 Å². The minimum absolute atomic E-state index is 0.101. The number of nitrogens with one attached hydrogen (secondary N) is 1. The van der Waals surface area contributed by atoms with Crippen molar-refractivity contribution in [1.82, 2.24) is 5.32 Å². The molecule has 0 aliphatic heterocycles. The molecule has 0 bridgehead atoms. The summed E-state index contributed by atoms with van der Waals surface area (Å²) >= 11 is 0. The third-order valence-corrected chi connectivity index (χ3v) is 3.79. The third kappa shape index (κ3) is 3.69. The van der Waals surface area contributed by atoms with Gasteiger partial charge in [-0.3, -0.25) is 4.79 Å². The lowest BCUT2D eigenvalue weighted by Gasteiger charge is -2.14. The average molecular weight is 337 g/mol. The van der Waals surface area contributed by atoms with Crippen molar-refractivity contribution in [2.45, 2.75) is 20.8 Å². The van der Waals surface area contributed by atoms with E-state index in [1.54, 1.807) is 0 Å². The first-order valence-electron chi connectivity index (χ1n) is 7.44. The van der Waals surface area contributed by atoms with Gasteiger partial charge < -0.3 is 10.1 Å². The van der Waals surface area contributed by atoms with Crippen LogP contribution in [-0.2, 0) is 0 Å². The van der Waals surface area contributed by atoms with E-state index in [0.717, 1.165) is 28.5 Å². The second-order valence-electron chi connectivity index (χ2n) is 5.48. The monoisotopic (exact) mass is 337 g/mol. The predicted molar refractivity (Wildman–Crippen MR) is 84.8 cm³/mol. The van der Waals surface area contributed by atoms with Crippen molar-refractivity contribution in [2.24, 2.45) is 0 Å². The summed E-state index contributed by atoms with van der Waals surface area (Å²) in [5, 5.41) is 2.42. The summed E-state index contributed by atoms with van der Waals surface area (Å²) in [6.45, 7) is 6.09. The van der Waals surface area contributed by atoms with Crippen molar-refractivity contribution in [2.75, 3.05) is 13.2 Å². The summed E-state index contributed by atoms with van der Waals surface area (Å²) in [7, 11) is 0. The molecular weight excluding hydrogens is 319 g/mol. The summed E-state index contributed by atoms with van der Waals surface area (Å²) in [5.41, 5.74) is 2.52. The molecule has 0 fully saturated rings. The second-order valence-corrected chi connectivity index (χ2v) is 5.48. The van der Waals surface area contributed by atoms with Gasteiger partial charge in [-0.1, -0.05) is 12.1 Å². The van der Waals surface area contributed by atoms with Gasteiger partial charge in [-0.05, 0) is 49.6 Å². The Labute approximate surface area is 138 Å². The lowest BCUT2D eigenvalue weighted by molar-refractivity contribution is 0.0941. The summed E-state index contributed by atoms with van der Waals surface area (Å²) in [6, 6.07) is 5.54. The van der Waals surface area contributed by atoms with Gasteiger partial charge in [-0.25, -0.2) is 13.2 Å². The Morgan fingerprint density at radius 2 is 1.67 bits per heavy atom. The van der Waals surface area contributed by atoms with Crippen molar-refractivity contribution >= 4 is 5.91 Å². The fourth-order valence-electron chi connectivity index (χ4n) is 2.26. The molecule has 3 nitrogen and oxygen atoms in total. The number of benzene rings is 2. The Bertz CT molecular complexity index is 775. The number of amides is 1. The van der Waals surface area contributed by atoms with Crippen LogP contribution in [0.15, 0.2) is 24.3 Å². The van der Waals surface area contributed by atoms with Crippen LogP contribution in [0.5, 0.6) is 5.75 Å². The maximum Gasteiger partial charge on any atom is 0.254 e. The Balaban J connectivity index is 1.95. The summed E-state index contributed by atoms with van der Waals surface area (Å²) in [6.07, 6.45) is 0. The van der Waals surface area contributed by atoms with Crippen LogP contribution in [0.2, 0.25) is 0 Å². The zero-order valence-corrected chi connectivity index (χ0v) is 13.7. The minimum Gasteiger partial charge on any atom is -0.491 e. The smallest absolute Gasteiger partial charge is 0.254 e. The fraction of sp³-hybridized carbons (Fsp3) is 0.278. The van der Waals surface area contributed by atoms with Gasteiger partial charge in [0.2, 0.25) is 0 Å². The average Bonchev–Trinajstić information content (AvgIpc) is 2.55. The lowest BCUT2D eigenvalue weighted by atomic mass is 10.1. The van der Waals surface area contributed by atoms with Crippen LogP contribution >= 0.6 is 0 Å². The first kappa shape index (κ1) is 17.8. The van der Waals surface area contributed by atoms with Gasteiger partial charge in [0.05, 0.1) is 12.1 Å². The van der Waals surface area contributed by atoms with E-state index in [0.29, 0.717) is 6.07 Å². The van der Waals surface area contributed by atoms with Crippen LogP contribution in [0.25, 0.3) is 0 Å². The number of ether oxygens (including phenoxy) is 1. The zero-order valence-electron chi connectivity index (χ0n) is 13.7. The van der Waals surface area contributed by atoms with E-state index in [9.17, 15) is 18.0 Å². The maximum absolute atomic E-state index is 13.5. The first-order chi connectivity index (χ1) is 11.3. The molecule has 6 heteroatoms. The van der Waals surface area contributed by atoms with Gasteiger partial charge in [-0.15, -0.1) is 0 Å². The van der Waals surface area contributed by atoms with Crippen molar-refractivity contribution in [3.8, 4) is 5.75 Å². The maximum atomic E-state index is 13.5. The molecule has 0 spiro atoms. The molecule has 2 aromatic carbocycles. The molecule has 1 amide bonds. The van der Waals surface area contributed by atoms with Gasteiger partial charge in [-0.2, -0.15) is 0 Å². The van der Waals surface area contributed by atoms with Crippen molar-refractivity contribution in [1.29, 1.82) is 0 Å².